The molecule has 0 spiro atoms. The Balaban J connectivity index is 2.73. The number of hydrogen-bond donors (Lipinski definition) is 1. The molecule has 0 bridgehead atoms. The molecule has 2 amide bonds. The lowest BCUT2D eigenvalue weighted by Gasteiger charge is -2.38. The van der Waals surface area contributed by atoms with Crippen LogP contribution in [0.3, 0.4) is 0 Å². The predicted octanol–water partition coefficient (Wildman–Crippen LogP) is 1.24. The van der Waals surface area contributed by atoms with Crippen LogP contribution >= 0.6 is 0 Å². The number of carboxylic acids is 1. The van der Waals surface area contributed by atoms with E-state index >= 15 is 0 Å². The van der Waals surface area contributed by atoms with Gasteiger partial charge in [0, 0.05) is 13.0 Å². The zero-order valence-corrected chi connectivity index (χ0v) is 11.5. The molecule has 1 saturated heterocycles. The molecule has 108 valence electrons. The van der Waals surface area contributed by atoms with Crippen LogP contribution in [0.15, 0.2) is 0 Å². The molecule has 0 aromatic carbocycles. The number of amides is 2. The van der Waals surface area contributed by atoms with Gasteiger partial charge in [0.1, 0.15) is 5.60 Å². The maximum absolute atomic E-state index is 12.0. The Bertz CT molecular complexity index is 375. The van der Waals surface area contributed by atoms with Crippen molar-refractivity contribution in [2.45, 2.75) is 45.6 Å². The third-order valence-corrected chi connectivity index (χ3v) is 2.48. The van der Waals surface area contributed by atoms with E-state index in [2.05, 4.69) is 0 Å². The van der Waals surface area contributed by atoms with Gasteiger partial charge in [-0.2, -0.15) is 0 Å². The fourth-order valence-electron chi connectivity index (χ4n) is 1.72. The average molecular weight is 272 g/mol. The van der Waals surface area contributed by atoms with Gasteiger partial charge in [0.25, 0.3) is 0 Å². The van der Waals surface area contributed by atoms with Crippen molar-refractivity contribution in [2.24, 2.45) is 0 Å². The van der Waals surface area contributed by atoms with Crippen molar-refractivity contribution in [1.29, 1.82) is 0 Å². The summed E-state index contributed by atoms with van der Waals surface area (Å²) in [5.74, 6) is -1.26. The maximum Gasteiger partial charge on any atom is 0.429 e. The van der Waals surface area contributed by atoms with E-state index in [1.54, 1.807) is 20.8 Å². The Morgan fingerprint density at radius 3 is 2.53 bits per heavy atom. The number of aliphatic carboxylic acids is 1. The summed E-state index contributed by atoms with van der Waals surface area (Å²) >= 11 is 0. The van der Waals surface area contributed by atoms with E-state index in [9.17, 15) is 14.4 Å². The highest BCUT2D eigenvalue weighted by Gasteiger charge is 2.32. The van der Waals surface area contributed by atoms with Gasteiger partial charge in [0.2, 0.25) is 5.91 Å². The minimum absolute atomic E-state index is 0.0204. The quantitative estimate of drug-likeness (QED) is 0.835. The van der Waals surface area contributed by atoms with Gasteiger partial charge >= 0.3 is 12.1 Å². The molecule has 7 heteroatoms. The molecule has 1 aliphatic heterocycles. The van der Waals surface area contributed by atoms with Crippen LogP contribution in [-0.4, -0.2) is 51.8 Å². The highest BCUT2D eigenvalue weighted by atomic mass is 16.6. The number of carbonyl (C=O) groups excluding carboxylic acids is 2. The molecule has 0 radical (unpaired) electrons. The number of carbonyl (C=O) groups is 3. The number of rotatable bonds is 3. The summed E-state index contributed by atoms with van der Waals surface area (Å²) in [5, 5.41) is 11.0. The molecule has 0 aromatic heterocycles. The summed E-state index contributed by atoms with van der Waals surface area (Å²) in [6, 6.07) is 0. The van der Waals surface area contributed by atoms with Crippen LogP contribution in [0.4, 0.5) is 4.79 Å². The van der Waals surface area contributed by atoms with E-state index in [0.29, 0.717) is 19.4 Å². The highest BCUT2D eigenvalue weighted by molar-refractivity contribution is 5.81. The molecule has 0 unspecified atom stereocenters. The van der Waals surface area contributed by atoms with E-state index < -0.39 is 17.7 Å². The van der Waals surface area contributed by atoms with Crippen molar-refractivity contribution < 1.29 is 24.2 Å². The number of ether oxygens (including phenoxy) is 1. The molecule has 0 aliphatic carbocycles. The first-order valence-corrected chi connectivity index (χ1v) is 6.23. The molecule has 0 atom stereocenters. The minimum Gasteiger partial charge on any atom is -0.481 e. The molecule has 1 rings (SSSR count). The van der Waals surface area contributed by atoms with Crippen molar-refractivity contribution in [3.05, 3.63) is 0 Å². The summed E-state index contributed by atoms with van der Waals surface area (Å²) in [6.45, 7) is 5.54. The summed E-state index contributed by atoms with van der Waals surface area (Å²) in [6.07, 6.45) is 0.0527. The first-order valence-electron chi connectivity index (χ1n) is 6.23. The second kappa shape index (κ2) is 5.90. The number of nitrogens with zero attached hydrogens (tertiary/aromatic N) is 2. The van der Waals surface area contributed by atoms with Crippen LogP contribution in [0.25, 0.3) is 0 Å². The fourth-order valence-corrected chi connectivity index (χ4v) is 1.72. The maximum atomic E-state index is 12.0. The molecule has 1 fully saturated rings. The van der Waals surface area contributed by atoms with E-state index in [1.807, 2.05) is 0 Å². The second-order valence-electron chi connectivity index (χ2n) is 5.37. The van der Waals surface area contributed by atoms with E-state index in [1.165, 1.54) is 10.0 Å². The van der Waals surface area contributed by atoms with Crippen molar-refractivity contribution >= 4 is 18.0 Å². The summed E-state index contributed by atoms with van der Waals surface area (Å²) in [7, 11) is 0. The van der Waals surface area contributed by atoms with Crippen LogP contribution in [0.5, 0.6) is 0 Å². The average Bonchev–Trinajstić information content (AvgIpc) is 2.24. The molecule has 19 heavy (non-hydrogen) atoms. The number of carboxylic acid groups (broad SMARTS) is 1. The van der Waals surface area contributed by atoms with Gasteiger partial charge in [0.15, 0.2) is 0 Å². The Kier molecular flexibility index (Phi) is 4.74. The molecule has 0 aromatic rings. The first-order chi connectivity index (χ1) is 8.70. The van der Waals surface area contributed by atoms with Crippen molar-refractivity contribution in [1.82, 2.24) is 10.0 Å². The third-order valence-electron chi connectivity index (χ3n) is 2.48. The normalized spacial score (nSPS) is 16.5. The Hall–Kier alpha value is -1.79. The number of hydrogen-bond acceptors (Lipinski definition) is 4. The van der Waals surface area contributed by atoms with Crippen molar-refractivity contribution in [3.8, 4) is 0 Å². The molecule has 1 N–H and O–H groups in total. The molecular formula is C12H20N2O5. The fraction of sp³-hybridized carbons (Fsp3) is 0.750. The predicted molar refractivity (Wildman–Crippen MR) is 66.1 cm³/mol. The monoisotopic (exact) mass is 272 g/mol. The summed E-state index contributed by atoms with van der Waals surface area (Å²) in [5.41, 5.74) is -0.657. The minimum atomic E-state index is -1.01. The van der Waals surface area contributed by atoms with Gasteiger partial charge in [-0.3, -0.25) is 9.59 Å². The lowest BCUT2D eigenvalue weighted by atomic mass is 10.2. The Labute approximate surface area is 112 Å². The molecule has 0 saturated carbocycles. The van der Waals surface area contributed by atoms with Gasteiger partial charge in [-0.15, -0.1) is 0 Å². The lowest BCUT2D eigenvalue weighted by Crippen LogP contribution is -2.54. The SMILES string of the molecule is CC(C)(C)OC(=O)N1CCCC(=O)N1CCC(=O)O. The molecule has 1 heterocycles. The van der Waals surface area contributed by atoms with E-state index in [4.69, 9.17) is 9.84 Å². The molecular weight excluding hydrogens is 252 g/mol. The van der Waals surface area contributed by atoms with Gasteiger partial charge in [0.05, 0.1) is 13.0 Å². The first kappa shape index (κ1) is 15.3. The highest BCUT2D eigenvalue weighted by Crippen LogP contribution is 2.17. The topological polar surface area (TPSA) is 87.2 Å². The largest absolute Gasteiger partial charge is 0.481 e. The smallest absolute Gasteiger partial charge is 0.429 e. The van der Waals surface area contributed by atoms with E-state index in [0.717, 1.165) is 0 Å². The Morgan fingerprint density at radius 2 is 2.00 bits per heavy atom. The van der Waals surface area contributed by atoms with Crippen LogP contribution in [-0.2, 0) is 14.3 Å². The zero-order chi connectivity index (χ0) is 14.6. The zero-order valence-electron chi connectivity index (χ0n) is 11.5. The van der Waals surface area contributed by atoms with Crippen LogP contribution < -0.4 is 0 Å². The van der Waals surface area contributed by atoms with Crippen LogP contribution in [0.1, 0.15) is 40.0 Å². The van der Waals surface area contributed by atoms with Crippen LogP contribution in [0, 0.1) is 0 Å². The van der Waals surface area contributed by atoms with Crippen molar-refractivity contribution in [3.63, 3.8) is 0 Å². The Morgan fingerprint density at radius 1 is 1.37 bits per heavy atom. The second-order valence-corrected chi connectivity index (χ2v) is 5.37. The third kappa shape index (κ3) is 4.76. The number of hydrazine groups is 1. The molecule has 1 aliphatic rings. The standard InChI is InChI=1S/C12H20N2O5/c1-12(2,3)19-11(18)14-7-4-5-9(15)13(14)8-6-10(16)17/h4-8H2,1-3H3,(H,16,17). The summed E-state index contributed by atoms with van der Waals surface area (Å²) < 4.78 is 5.21. The lowest BCUT2D eigenvalue weighted by molar-refractivity contribution is -0.155. The van der Waals surface area contributed by atoms with Crippen LogP contribution in [0.2, 0.25) is 0 Å². The van der Waals surface area contributed by atoms with Gasteiger partial charge in [-0.05, 0) is 27.2 Å². The van der Waals surface area contributed by atoms with Gasteiger partial charge in [-0.1, -0.05) is 0 Å². The van der Waals surface area contributed by atoms with Crippen molar-refractivity contribution in [2.75, 3.05) is 13.1 Å². The van der Waals surface area contributed by atoms with E-state index in [-0.39, 0.29) is 18.9 Å². The van der Waals surface area contributed by atoms with Gasteiger partial charge < -0.3 is 9.84 Å². The summed E-state index contributed by atoms with van der Waals surface area (Å²) in [4.78, 5) is 34.3. The van der Waals surface area contributed by atoms with Gasteiger partial charge in [-0.25, -0.2) is 14.8 Å². The molecule has 7 nitrogen and oxygen atoms in total.